The Morgan fingerprint density at radius 2 is 1.17 bits per heavy atom. The highest BCUT2D eigenvalue weighted by molar-refractivity contribution is 6.44. The second-order valence-electron chi connectivity index (χ2n) is 11.9. The van der Waals surface area contributed by atoms with E-state index in [-0.39, 0.29) is 11.4 Å². The molecule has 0 aliphatic carbocycles. The lowest BCUT2D eigenvalue weighted by atomic mass is 9.99. The molecule has 0 spiro atoms. The molecule has 6 rings (SSSR count). The second kappa shape index (κ2) is 15.3. The van der Waals surface area contributed by atoms with Crippen molar-refractivity contribution in [1.29, 1.82) is 0 Å². The van der Waals surface area contributed by atoms with Gasteiger partial charge in [0.05, 0.1) is 18.0 Å². The Morgan fingerprint density at radius 1 is 0.660 bits per heavy atom. The van der Waals surface area contributed by atoms with Crippen molar-refractivity contribution in [3.63, 3.8) is 0 Å². The van der Waals surface area contributed by atoms with E-state index in [0.717, 1.165) is 15.6 Å². The van der Waals surface area contributed by atoms with Crippen LogP contribution in [0.4, 0.5) is 39.5 Å². The van der Waals surface area contributed by atoms with Crippen molar-refractivity contribution < 1.29 is 48.8 Å². The van der Waals surface area contributed by atoms with Crippen LogP contribution >= 0.6 is 0 Å². The Balaban J connectivity index is 1.62. The quantitative estimate of drug-likeness (QED) is 0.0944. The number of allylic oxidation sites excluding steroid dienone is 2. The van der Waals surface area contributed by atoms with Gasteiger partial charge in [0.2, 0.25) is 6.17 Å². The molecular weight excluding hydrogens is 710 g/mol. The van der Waals surface area contributed by atoms with E-state index in [1.165, 1.54) is 6.08 Å². The topological polar surface area (TPSA) is 35.8 Å². The second-order valence-corrected chi connectivity index (χ2v) is 11.9. The van der Waals surface area contributed by atoms with Crippen molar-refractivity contribution in [2.24, 2.45) is 4.99 Å². The SMILES string of the molecule is FC(COB(OCC(F)(F)C(F)(F)F)n1c(-c2ccccc2)cc(-c2ccccc2)c1/C=C1\N=C(c2ccccc2)C=C1c1ccccc1)C(F)(F)F. The normalized spacial score (nSPS) is 15.0. The summed E-state index contributed by atoms with van der Waals surface area (Å²) in [6, 6.07) is 36.3. The molecule has 1 aromatic heterocycles. The first-order valence-electron chi connectivity index (χ1n) is 16.1. The summed E-state index contributed by atoms with van der Waals surface area (Å²) >= 11 is 0. The van der Waals surface area contributed by atoms with Crippen LogP contribution in [0.5, 0.6) is 0 Å². The Kier molecular flexibility index (Phi) is 10.8. The molecule has 4 nitrogen and oxygen atoms in total. The van der Waals surface area contributed by atoms with Crippen LogP contribution in [0.2, 0.25) is 0 Å². The molecule has 1 atom stereocenters. The van der Waals surface area contributed by atoms with Gasteiger partial charge >= 0.3 is 25.5 Å². The molecule has 1 unspecified atom stereocenters. The van der Waals surface area contributed by atoms with Crippen LogP contribution in [0.3, 0.4) is 0 Å². The lowest BCUT2D eigenvalue weighted by Gasteiger charge is -2.25. The minimum Gasteiger partial charge on any atom is -0.388 e. The number of aromatic nitrogens is 1. The van der Waals surface area contributed by atoms with E-state index in [1.807, 2.05) is 48.5 Å². The molecule has 1 aliphatic heterocycles. The van der Waals surface area contributed by atoms with Crippen LogP contribution in [0.15, 0.2) is 144 Å². The molecule has 4 aromatic carbocycles. The van der Waals surface area contributed by atoms with E-state index in [9.17, 15) is 39.5 Å². The van der Waals surface area contributed by atoms with Gasteiger partial charge in [-0.3, -0.25) is 0 Å². The molecule has 5 aromatic rings. The summed E-state index contributed by atoms with van der Waals surface area (Å²) in [6.45, 7) is -4.13. The van der Waals surface area contributed by atoms with E-state index in [0.29, 0.717) is 33.7 Å². The largest absolute Gasteiger partial charge is 0.598 e. The van der Waals surface area contributed by atoms with Crippen LogP contribution in [0, 0.1) is 0 Å². The summed E-state index contributed by atoms with van der Waals surface area (Å²) < 4.78 is 134. The van der Waals surface area contributed by atoms with Crippen LogP contribution in [-0.4, -0.2) is 55.1 Å². The summed E-state index contributed by atoms with van der Waals surface area (Å²) in [5.74, 6) is -5.45. The highest BCUT2D eigenvalue weighted by Gasteiger charge is 2.58. The van der Waals surface area contributed by atoms with Crippen molar-refractivity contribution in [2.75, 3.05) is 13.2 Å². The zero-order chi connectivity index (χ0) is 37.8. The van der Waals surface area contributed by atoms with Crippen LogP contribution < -0.4 is 0 Å². The summed E-state index contributed by atoms with van der Waals surface area (Å²) in [5, 5.41) is 0. The fourth-order valence-electron chi connectivity index (χ4n) is 5.59. The smallest absolute Gasteiger partial charge is 0.388 e. The number of benzene rings is 4. The van der Waals surface area contributed by atoms with Gasteiger partial charge in [0.25, 0.3) is 0 Å². The molecule has 0 saturated carbocycles. The van der Waals surface area contributed by atoms with Crippen molar-refractivity contribution in [1.82, 2.24) is 4.48 Å². The number of nitrogens with zero attached hydrogens (tertiary/aromatic N) is 2. The summed E-state index contributed by atoms with van der Waals surface area (Å²) in [6.07, 6.45) is -11.8. The van der Waals surface area contributed by atoms with E-state index in [4.69, 9.17) is 14.3 Å². The molecule has 0 saturated heterocycles. The van der Waals surface area contributed by atoms with E-state index < -0.39 is 44.9 Å². The van der Waals surface area contributed by atoms with Crippen molar-refractivity contribution in [3.8, 4) is 22.4 Å². The summed E-state index contributed by atoms with van der Waals surface area (Å²) in [7, 11) is -2.42. The maximum Gasteiger partial charge on any atom is 0.598 e. The fourth-order valence-corrected chi connectivity index (χ4v) is 5.59. The Bertz CT molecular complexity index is 2100. The van der Waals surface area contributed by atoms with Crippen molar-refractivity contribution in [2.45, 2.75) is 24.4 Å². The van der Waals surface area contributed by atoms with E-state index in [2.05, 4.69) is 0 Å². The van der Waals surface area contributed by atoms with Gasteiger partial charge in [0, 0.05) is 28.1 Å². The maximum absolute atomic E-state index is 14.4. The molecule has 0 N–H and O–H groups in total. The third-order valence-electron chi connectivity index (χ3n) is 8.23. The molecule has 272 valence electrons. The number of halogens is 9. The van der Waals surface area contributed by atoms with Crippen molar-refractivity contribution in [3.05, 3.63) is 156 Å². The predicted molar refractivity (Wildman–Crippen MR) is 186 cm³/mol. The van der Waals surface area contributed by atoms with Crippen LogP contribution in [0.25, 0.3) is 34.0 Å². The molecule has 2 heterocycles. The zero-order valence-corrected chi connectivity index (χ0v) is 27.5. The summed E-state index contributed by atoms with van der Waals surface area (Å²) in [4.78, 5) is 4.87. The Hall–Kier alpha value is -5.34. The lowest BCUT2D eigenvalue weighted by molar-refractivity contribution is -0.291. The Labute approximate surface area is 298 Å². The maximum atomic E-state index is 14.4. The van der Waals surface area contributed by atoms with Gasteiger partial charge in [-0.15, -0.1) is 0 Å². The molecule has 0 fully saturated rings. The number of hydrogen-bond donors (Lipinski definition) is 0. The van der Waals surface area contributed by atoms with Gasteiger partial charge in [-0.25, -0.2) is 9.38 Å². The number of aliphatic imine (C=N–C) groups is 1. The van der Waals surface area contributed by atoms with Gasteiger partial charge in [0.1, 0.15) is 6.61 Å². The van der Waals surface area contributed by atoms with Gasteiger partial charge in [-0.1, -0.05) is 121 Å². The van der Waals surface area contributed by atoms with Gasteiger partial charge in [-0.05, 0) is 34.9 Å². The molecule has 53 heavy (non-hydrogen) atoms. The van der Waals surface area contributed by atoms with Crippen LogP contribution in [0.1, 0.15) is 16.8 Å². The monoisotopic (exact) mass is 738 g/mol. The first kappa shape index (κ1) is 37.4. The minimum atomic E-state index is -6.08. The van der Waals surface area contributed by atoms with E-state index in [1.54, 1.807) is 84.9 Å². The lowest BCUT2D eigenvalue weighted by Crippen LogP contribution is -2.46. The number of hydrogen-bond acceptors (Lipinski definition) is 3. The highest BCUT2D eigenvalue weighted by atomic mass is 19.4. The first-order chi connectivity index (χ1) is 25.2. The molecule has 14 heteroatoms. The molecule has 0 bridgehead atoms. The number of rotatable bonds is 12. The molecule has 0 amide bonds. The molecular formula is C39H28BF9N2O2. The standard InChI is InChI=1S/C39H28BF9N2O2/c41-36(38(44,45)46)24-52-40(53-25-37(42,43)39(47,48)49)51-34(29-19-11-4-12-20-29)22-31(27-15-7-2-8-16-27)35(51)23-33-30(26-13-5-1-6-14-26)21-32(50-33)28-17-9-3-10-18-28/h1-23,36H,24-25H2/b33-23-. The van der Waals surface area contributed by atoms with Crippen LogP contribution in [-0.2, 0) is 9.31 Å². The third-order valence-corrected chi connectivity index (χ3v) is 8.23. The van der Waals surface area contributed by atoms with Gasteiger partial charge in [-0.2, -0.15) is 35.1 Å². The minimum absolute atomic E-state index is 0.0488. The first-order valence-corrected chi connectivity index (χ1v) is 16.1. The predicted octanol–water partition coefficient (Wildman–Crippen LogP) is 10.7. The highest BCUT2D eigenvalue weighted by Crippen LogP contribution is 2.40. The van der Waals surface area contributed by atoms with Crippen molar-refractivity contribution >= 4 is 24.6 Å². The Morgan fingerprint density at radius 3 is 1.70 bits per heavy atom. The molecule has 0 radical (unpaired) electrons. The fraction of sp³-hybridized carbons (Fsp3) is 0.154. The average molecular weight is 738 g/mol. The summed E-state index contributed by atoms with van der Waals surface area (Å²) in [5.41, 5.74) is 4.30. The number of alkyl halides is 9. The van der Waals surface area contributed by atoms with Gasteiger partial charge in [0.15, 0.2) is 0 Å². The van der Waals surface area contributed by atoms with Gasteiger partial charge < -0.3 is 13.8 Å². The zero-order valence-electron chi connectivity index (χ0n) is 27.5. The van der Waals surface area contributed by atoms with E-state index >= 15 is 0 Å². The molecule has 1 aliphatic rings. The average Bonchev–Trinajstić information content (AvgIpc) is 3.74. The third kappa shape index (κ3) is 8.50.